The van der Waals surface area contributed by atoms with Crippen molar-refractivity contribution >= 4 is 22.9 Å². The summed E-state index contributed by atoms with van der Waals surface area (Å²) in [5, 5.41) is 9.40. The summed E-state index contributed by atoms with van der Waals surface area (Å²) in [5.41, 5.74) is 14.3. The number of nitrogens with zero attached hydrogens (tertiary/aromatic N) is 5. The number of hydrogen-bond donors (Lipinski definition) is 4. The third kappa shape index (κ3) is 10.5. The molecule has 2 aromatic carbocycles. The molecule has 9 heteroatoms. The zero-order valence-electron chi connectivity index (χ0n) is 29.7. The summed E-state index contributed by atoms with van der Waals surface area (Å²) in [5.74, 6) is 2.44. The molecule has 0 amide bonds. The van der Waals surface area contributed by atoms with Crippen molar-refractivity contribution in [1.29, 1.82) is 0 Å². The van der Waals surface area contributed by atoms with Crippen molar-refractivity contribution in [1.82, 2.24) is 29.8 Å². The largest absolute Gasteiger partial charge is 0.351 e. The first-order chi connectivity index (χ1) is 24.1. The van der Waals surface area contributed by atoms with Crippen molar-refractivity contribution in [2.75, 3.05) is 23.8 Å². The highest BCUT2D eigenvalue weighted by atomic mass is 15.5. The molecule has 0 radical (unpaired) electrons. The minimum Gasteiger partial charge on any atom is -0.351 e. The van der Waals surface area contributed by atoms with Gasteiger partial charge in [0.2, 0.25) is 5.95 Å². The van der Waals surface area contributed by atoms with E-state index in [0.29, 0.717) is 18.1 Å². The number of aromatic nitrogens is 4. The monoisotopic (exact) mass is 665 g/mol. The lowest BCUT2D eigenvalue weighted by Gasteiger charge is -2.32. The summed E-state index contributed by atoms with van der Waals surface area (Å²) < 4.78 is 2.30. The van der Waals surface area contributed by atoms with Gasteiger partial charge in [0.15, 0.2) is 17.0 Å². The number of fused-ring (bicyclic) bond motifs is 1. The van der Waals surface area contributed by atoms with E-state index in [1.54, 1.807) is 0 Å². The second-order valence-corrected chi connectivity index (χ2v) is 14.5. The van der Waals surface area contributed by atoms with Crippen LogP contribution in [0.5, 0.6) is 0 Å². The first-order valence-electron chi connectivity index (χ1n) is 19.2. The zero-order chi connectivity index (χ0) is 33.7. The van der Waals surface area contributed by atoms with Gasteiger partial charge in [-0.25, -0.2) is 9.99 Å². The number of nitrogens with one attached hydrogen (secondary N) is 3. The second kappa shape index (κ2) is 18.5. The van der Waals surface area contributed by atoms with E-state index in [9.17, 15) is 0 Å². The van der Waals surface area contributed by atoms with E-state index in [2.05, 4.69) is 81.1 Å². The molecule has 0 bridgehead atoms. The van der Waals surface area contributed by atoms with Crippen molar-refractivity contribution in [3.05, 3.63) is 78.1 Å². The molecule has 5 N–H and O–H groups in total. The maximum Gasteiger partial charge on any atom is 0.227 e. The maximum atomic E-state index is 6.13. The van der Waals surface area contributed by atoms with Crippen LogP contribution < -0.4 is 21.8 Å². The molecule has 0 unspecified atom stereocenters. The molecule has 4 aromatic rings. The van der Waals surface area contributed by atoms with Crippen LogP contribution in [0.4, 0.5) is 11.8 Å². The van der Waals surface area contributed by atoms with Crippen LogP contribution in [0.1, 0.15) is 114 Å². The highest BCUT2D eigenvalue weighted by Crippen LogP contribution is 2.34. The van der Waals surface area contributed by atoms with E-state index < -0.39 is 0 Å². The number of nitrogens with two attached hydrogens (primary N) is 1. The van der Waals surface area contributed by atoms with Gasteiger partial charge in [-0.3, -0.25) is 0 Å². The third-order valence-corrected chi connectivity index (χ3v) is 10.7. The Morgan fingerprint density at radius 2 is 1.43 bits per heavy atom. The number of hydrogen-bond acceptors (Lipinski definition) is 8. The Balaban J connectivity index is 0.000000232. The predicted molar refractivity (Wildman–Crippen MR) is 202 cm³/mol. The topological polar surface area (TPSA) is 109 Å². The maximum absolute atomic E-state index is 6.13. The van der Waals surface area contributed by atoms with E-state index in [-0.39, 0.29) is 0 Å². The molecule has 0 spiro atoms. The molecule has 3 fully saturated rings. The highest BCUT2D eigenvalue weighted by molar-refractivity contribution is 5.84. The van der Waals surface area contributed by atoms with Gasteiger partial charge >= 0.3 is 0 Å². The number of anilines is 2. The standard InChI is InChI=1S/C26H44N8.C14H15N/c1-2-3-4-7-19-14-16-33(17-15-19)32-24-23-25(34(18-28-23)22-8-5-6-9-22)31-26(30-24)29-21-12-10-20(27)11-13-21;1-3-7-13(8-4-1)11-15-12-14-9-5-2-6-10-14/h18-22H,2-17,27H2,1H3,(H2,29,30,31,32);1-10,15H,11-12H2. The summed E-state index contributed by atoms with van der Waals surface area (Å²) in [6, 6.07) is 22.2. The number of unbranched alkanes of at least 4 members (excludes halogenated alkanes) is 2. The fourth-order valence-corrected chi connectivity index (χ4v) is 7.66. The van der Waals surface area contributed by atoms with Gasteiger partial charge in [0, 0.05) is 44.3 Å². The fraction of sp³-hybridized carbons (Fsp3) is 0.575. The Kier molecular flexibility index (Phi) is 13.3. The lowest BCUT2D eigenvalue weighted by molar-refractivity contribution is 0.207. The molecule has 3 heterocycles. The molecule has 0 atom stereocenters. The first kappa shape index (κ1) is 35.3. The Labute approximate surface area is 293 Å². The molecule has 2 aromatic heterocycles. The molecule has 49 heavy (non-hydrogen) atoms. The molecule has 7 rings (SSSR count). The van der Waals surface area contributed by atoms with E-state index in [1.165, 1.54) is 75.3 Å². The normalized spacial score (nSPS) is 20.6. The van der Waals surface area contributed by atoms with Crippen LogP contribution in [0.2, 0.25) is 0 Å². The summed E-state index contributed by atoms with van der Waals surface area (Å²) >= 11 is 0. The molecule has 2 saturated carbocycles. The quantitative estimate of drug-likeness (QED) is 0.106. The van der Waals surface area contributed by atoms with Gasteiger partial charge in [0.1, 0.15) is 0 Å². The van der Waals surface area contributed by atoms with Crippen molar-refractivity contribution in [3.63, 3.8) is 0 Å². The van der Waals surface area contributed by atoms with Gasteiger partial charge in [0.05, 0.1) is 6.33 Å². The molecule has 2 aliphatic carbocycles. The Morgan fingerprint density at radius 3 is 2.06 bits per heavy atom. The van der Waals surface area contributed by atoms with Gasteiger partial charge in [-0.1, -0.05) is 106 Å². The van der Waals surface area contributed by atoms with Gasteiger partial charge in [-0.2, -0.15) is 9.97 Å². The summed E-state index contributed by atoms with van der Waals surface area (Å²) in [6.07, 6.45) is 19.3. The molecule has 264 valence electrons. The molecular weight excluding hydrogens is 607 g/mol. The number of rotatable bonds is 13. The average molecular weight is 666 g/mol. The van der Waals surface area contributed by atoms with Crippen molar-refractivity contribution in [3.8, 4) is 0 Å². The van der Waals surface area contributed by atoms with Crippen LogP contribution >= 0.6 is 0 Å². The Bertz CT molecular complexity index is 1460. The Morgan fingerprint density at radius 1 is 0.776 bits per heavy atom. The van der Waals surface area contributed by atoms with Crippen LogP contribution in [0.25, 0.3) is 11.2 Å². The van der Waals surface area contributed by atoms with Gasteiger partial charge in [0.25, 0.3) is 0 Å². The van der Waals surface area contributed by atoms with E-state index >= 15 is 0 Å². The number of hydrazine groups is 1. The minimum atomic E-state index is 0.340. The molecule has 1 aliphatic heterocycles. The fourth-order valence-electron chi connectivity index (χ4n) is 7.66. The van der Waals surface area contributed by atoms with Gasteiger partial charge < -0.3 is 26.4 Å². The molecule has 9 nitrogen and oxygen atoms in total. The smallest absolute Gasteiger partial charge is 0.227 e. The van der Waals surface area contributed by atoms with Crippen molar-refractivity contribution < 1.29 is 0 Å². The van der Waals surface area contributed by atoms with Crippen LogP contribution in [-0.2, 0) is 13.1 Å². The summed E-state index contributed by atoms with van der Waals surface area (Å²) in [4.78, 5) is 14.7. The van der Waals surface area contributed by atoms with Gasteiger partial charge in [-0.05, 0) is 68.4 Å². The minimum absolute atomic E-state index is 0.340. The van der Waals surface area contributed by atoms with Crippen LogP contribution in [-0.4, -0.2) is 49.7 Å². The van der Waals surface area contributed by atoms with Crippen LogP contribution in [0.3, 0.4) is 0 Å². The average Bonchev–Trinajstić information content (AvgIpc) is 3.82. The lowest BCUT2D eigenvalue weighted by atomic mass is 9.92. The number of imidazole rings is 1. The van der Waals surface area contributed by atoms with Crippen molar-refractivity contribution in [2.45, 2.75) is 128 Å². The van der Waals surface area contributed by atoms with Crippen LogP contribution in [0, 0.1) is 5.92 Å². The molecule has 3 aliphatic rings. The SMILES string of the molecule is CCCCCC1CCN(Nc2nc(NC3CCC(N)CC3)nc3c2ncn3C2CCCC2)CC1.c1ccc(CNCc2ccccc2)cc1. The van der Waals surface area contributed by atoms with E-state index in [1.807, 2.05) is 18.5 Å². The number of benzene rings is 2. The molecular formula is C40H59N9. The highest BCUT2D eigenvalue weighted by Gasteiger charge is 2.25. The lowest BCUT2D eigenvalue weighted by Crippen LogP contribution is -2.38. The molecule has 1 saturated heterocycles. The zero-order valence-corrected chi connectivity index (χ0v) is 29.7. The first-order valence-corrected chi connectivity index (χ1v) is 19.2. The van der Waals surface area contributed by atoms with E-state index in [0.717, 1.165) is 80.7 Å². The Hall–Kier alpha value is -3.53. The third-order valence-electron chi connectivity index (χ3n) is 10.7. The van der Waals surface area contributed by atoms with Gasteiger partial charge in [-0.15, -0.1) is 0 Å². The van der Waals surface area contributed by atoms with Crippen LogP contribution in [0.15, 0.2) is 67.0 Å². The van der Waals surface area contributed by atoms with Crippen molar-refractivity contribution in [2.24, 2.45) is 11.7 Å². The second-order valence-electron chi connectivity index (χ2n) is 14.5. The number of piperidine rings is 1. The van der Waals surface area contributed by atoms with E-state index in [4.69, 9.17) is 20.7 Å². The predicted octanol–water partition coefficient (Wildman–Crippen LogP) is 8.22. The summed E-state index contributed by atoms with van der Waals surface area (Å²) in [7, 11) is 0. The summed E-state index contributed by atoms with van der Waals surface area (Å²) in [6.45, 7) is 6.27.